The van der Waals surface area contributed by atoms with Crippen molar-refractivity contribution in [2.45, 2.75) is 19.3 Å². The van der Waals surface area contributed by atoms with E-state index >= 15 is 0 Å². The number of Topliss-reactive ketones (excluding diaryl/α,β-unsaturated/α-hetero) is 1. The summed E-state index contributed by atoms with van der Waals surface area (Å²) in [4.78, 5) is 27.5. The normalized spacial score (nSPS) is 14.2. The van der Waals surface area contributed by atoms with Gasteiger partial charge < -0.3 is 5.11 Å². The first-order valence-corrected chi connectivity index (χ1v) is 7.16. The van der Waals surface area contributed by atoms with E-state index in [4.69, 9.17) is 0 Å². The molecule has 7 heteroatoms. The summed E-state index contributed by atoms with van der Waals surface area (Å²) in [5.41, 5.74) is 0.711. The van der Waals surface area contributed by atoms with Crippen molar-refractivity contribution < 1.29 is 14.7 Å². The number of ketones is 1. The molecule has 0 saturated heterocycles. The lowest BCUT2D eigenvalue weighted by molar-refractivity contribution is 0.0684. The molecule has 6 nitrogen and oxygen atoms in total. The Bertz CT molecular complexity index is 724. The van der Waals surface area contributed by atoms with Crippen LogP contribution in [-0.4, -0.2) is 31.6 Å². The van der Waals surface area contributed by atoms with Crippen LogP contribution in [-0.2, 0) is 6.42 Å². The molecule has 2 aromatic rings. The molecule has 0 aromatic carbocycles. The molecular formula is C13H10IN3O3. The lowest BCUT2D eigenvalue weighted by Crippen LogP contribution is -2.15. The van der Waals surface area contributed by atoms with Gasteiger partial charge in [0.15, 0.2) is 17.3 Å². The second kappa shape index (κ2) is 4.97. The van der Waals surface area contributed by atoms with Crippen molar-refractivity contribution in [1.82, 2.24) is 14.8 Å². The molecule has 0 atom stereocenters. The van der Waals surface area contributed by atoms with E-state index in [1.165, 1.54) is 4.68 Å². The zero-order chi connectivity index (χ0) is 14.3. The fraction of sp³-hybridized carbons (Fsp3) is 0.231. The monoisotopic (exact) mass is 383 g/mol. The predicted octanol–water partition coefficient (Wildman–Crippen LogP) is 2.09. The first-order valence-electron chi connectivity index (χ1n) is 6.08. The minimum atomic E-state index is -1.18. The highest BCUT2D eigenvalue weighted by Gasteiger charge is 2.30. The van der Waals surface area contributed by atoms with Crippen molar-refractivity contribution >= 4 is 34.3 Å². The highest BCUT2D eigenvalue weighted by Crippen LogP contribution is 2.26. The number of carboxylic acids is 1. The van der Waals surface area contributed by atoms with Crippen LogP contribution in [0.3, 0.4) is 0 Å². The van der Waals surface area contributed by atoms with Crippen LogP contribution in [0.4, 0.5) is 0 Å². The third kappa shape index (κ3) is 2.11. The van der Waals surface area contributed by atoms with Crippen molar-refractivity contribution in [3.8, 4) is 5.82 Å². The molecule has 0 aliphatic heterocycles. The number of hydrogen-bond donors (Lipinski definition) is 1. The molecule has 1 aliphatic rings. The standard InChI is InChI=1S/C13H10IN3O3/c14-7-4-5-15-10(6-7)17-8-2-1-3-9(18)11(8)12(16-17)13(19)20/h4-6H,1-3H2,(H,19,20). The van der Waals surface area contributed by atoms with Crippen LogP contribution < -0.4 is 0 Å². The molecule has 2 aromatic heterocycles. The number of fused-ring (bicyclic) bond motifs is 1. The van der Waals surface area contributed by atoms with Crippen LogP contribution >= 0.6 is 22.6 Å². The largest absolute Gasteiger partial charge is 0.476 e. The van der Waals surface area contributed by atoms with Crippen LogP contribution in [0.15, 0.2) is 18.3 Å². The minimum absolute atomic E-state index is 0.152. The molecule has 0 unspecified atom stereocenters. The van der Waals surface area contributed by atoms with Gasteiger partial charge in [-0.3, -0.25) is 4.79 Å². The van der Waals surface area contributed by atoms with Crippen molar-refractivity contribution in [2.24, 2.45) is 0 Å². The number of nitrogens with zero attached hydrogens (tertiary/aromatic N) is 3. The quantitative estimate of drug-likeness (QED) is 0.803. The number of carboxylic acid groups (broad SMARTS) is 1. The zero-order valence-corrected chi connectivity index (χ0v) is 12.5. The van der Waals surface area contributed by atoms with Crippen LogP contribution in [0.25, 0.3) is 5.82 Å². The molecular weight excluding hydrogens is 373 g/mol. The number of aromatic nitrogens is 3. The van der Waals surface area contributed by atoms with E-state index < -0.39 is 5.97 Å². The Morgan fingerprint density at radius 2 is 2.20 bits per heavy atom. The Balaban J connectivity index is 2.25. The Kier molecular flexibility index (Phi) is 3.28. The summed E-state index contributed by atoms with van der Waals surface area (Å²) in [6, 6.07) is 3.64. The van der Waals surface area contributed by atoms with Gasteiger partial charge in [0.05, 0.1) is 11.3 Å². The molecule has 3 rings (SSSR count). The van der Waals surface area contributed by atoms with E-state index in [0.717, 1.165) is 3.57 Å². The second-order valence-corrected chi connectivity index (χ2v) is 5.74. The van der Waals surface area contributed by atoms with Crippen molar-refractivity contribution in [2.75, 3.05) is 0 Å². The van der Waals surface area contributed by atoms with E-state index in [0.29, 0.717) is 30.8 Å². The van der Waals surface area contributed by atoms with E-state index in [-0.39, 0.29) is 17.0 Å². The maximum absolute atomic E-state index is 12.0. The Morgan fingerprint density at radius 1 is 1.40 bits per heavy atom. The SMILES string of the molecule is O=C(O)c1nn(-c2cc(I)ccn2)c2c1C(=O)CCC2. The van der Waals surface area contributed by atoms with Gasteiger partial charge in [-0.25, -0.2) is 14.5 Å². The Morgan fingerprint density at radius 3 is 2.90 bits per heavy atom. The molecule has 0 amide bonds. The van der Waals surface area contributed by atoms with E-state index in [9.17, 15) is 14.7 Å². The third-order valence-corrected chi connectivity index (χ3v) is 3.88. The summed E-state index contributed by atoms with van der Waals surface area (Å²) >= 11 is 2.15. The fourth-order valence-electron chi connectivity index (χ4n) is 2.37. The smallest absolute Gasteiger partial charge is 0.357 e. The number of aromatic carboxylic acids is 1. The molecule has 0 spiro atoms. The third-order valence-electron chi connectivity index (χ3n) is 3.20. The number of carbonyl (C=O) groups excluding carboxylic acids is 1. The fourth-order valence-corrected chi connectivity index (χ4v) is 2.81. The van der Waals surface area contributed by atoms with E-state index in [1.54, 1.807) is 12.3 Å². The summed E-state index contributed by atoms with van der Waals surface area (Å²) in [6.45, 7) is 0. The first-order chi connectivity index (χ1) is 9.58. The van der Waals surface area contributed by atoms with Crippen LogP contribution in [0, 0.1) is 3.57 Å². The maximum atomic E-state index is 12.0. The summed E-state index contributed by atoms with van der Waals surface area (Å²) in [6.07, 6.45) is 3.35. The number of carbonyl (C=O) groups is 2. The molecule has 0 bridgehead atoms. The molecule has 0 saturated carbocycles. The number of hydrogen-bond acceptors (Lipinski definition) is 4. The molecule has 1 aliphatic carbocycles. The van der Waals surface area contributed by atoms with Gasteiger partial charge in [0.1, 0.15) is 0 Å². The minimum Gasteiger partial charge on any atom is -0.476 e. The number of rotatable bonds is 2. The van der Waals surface area contributed by atoms with E-state index in [2.05, 4.69) is 32.7 Å². The Labute approximate surface area is 128 Å². The number of pyridine rings is 1. The molecule has 0 radical (unpaired) electrons. The van der Waals surface area contributed by atoms with Gasteiger partial charge in [-0.2, -0.15) is 5.10 Å². The summed E-state index contributed by atoms with van der Waals surface area (Å²) < 4.78 is 2.45. The van der Waals surface area contributed by atoms with Gasteiger partial charge in [-0.05, 0) is 47.6 Å². The van der Waals surface area contributed by atoms with Gasteiger partial charge in [0.25, 0.3) is 0 Å². The Hall–Kier alpha value is -1.77. The summed E-state index contributed by atoms with van der Waals surface area (Å²) in [5.74, 6) is -0.795. The lowest BCUT2D eigenvalue weighted by Gasteiger charge is -2.12. The van der Waals surface area contributed by atoms with Crippen molar-refractivity contribution in [3.05, 3.63) is 38.9 Å². The highest BCUT2D eigenvalue weighted by atomic mass is 127. The molecule has 0 fully saturated rings. The van der Waals surface area contributed by atoms with Crippen LogP contribution in [0.2, 0.25) is 0 Å². The average Bonchev–Trinajstić information content (AvgIpc) is 2.80. The molecule has 102 valence electrons. The van der Waals surface area contributed by atoms with Gasteiger partial charge in [0.2, 0.25) is 0 Å². The molecule has 1 N–H and O–H groups in total. The van der Waals surface area contributed by atoms with Gasteiger partial charge in [-0.1, -0.05) is 0 Å². The summed E-state index contributed by atoms with van der Waals surface area (Å²) in [5, 5.41) is 13.3. The maximum Gasteiger partial charge on any atom is 0.357 e. The van der Waals surface area contributed by atoms with Crippen molar-refractivity contribution in [3.63, 3.8) is 0 Å². The molecule has 2 heterocycles. The lowest BCUT2D eigenvalue weighted by atomic mass is 9.94. The number of halogens is 1. The zero-order valence-electron chi connectivity index (χ0n) is 10.3. The average molecular weight is 383 g/mol. The topological polar surface area (TPSA) is 85.1 Å². The van der Waals surface area contributed by atoms with E-state index in [1.807, 2.05) is 6.07 Å². The molecule has 20 heavy (non-hydrogen) atoms. The van der Waals surface area contributed by atoms with Gasteiger partial charge in [-0.15, -0.1) is 0 Å². The van der Waals surface area contributed by atoms with Crippen LogP contribution in [0.1, 0.15) is 39.4 Å². The predicted molar refractivity (Wildman–Crippen MR) is 78.3 cm³/mol. The van der Waals surface area contributed by atoms with Crippen LogP contribution in [0.5, 0.6) is 0 Å². The first kappa shape index (κ1) is 13.2. The van der Waals surface area contributed by atoms with Gasteiger partial charge >= 0.3 is 5.97 Å². The highest BCUT2D eigenvalue weighted by molar-refractivity contribution is 14.1. The van der Waals surface area contributed by atoms with Crippen molar-refractivity contribution in [1.29, 1.82) is 0 Å². The summed E-state index contributed by atoms with van der Waals surface area (Å²) in [7, 11) is 0. The second-order valence-electron chi connectivity index (χ2n) is 4.50. The van der Waals surface area contributed by atoms with Gasteiger partial charge in [0, 0.05) is 16.2 Å².